The van der Waals surface area contributed by atoms with Gasteiger partial charge in [0.15, 0.2) is 0 Å². The standard InChI is InChI=1S/C19H27Cl2N3O/c1-13(19(25)22-18-6-5-16(20)9-17(18)21)24-8-7-15(12-24)11-23(2)10-14-3-4-14/h5-6,9,13-15H,3-4,7-8,10-12H2,1-2H3,(H,22,25)/t13-,15-/m0/s1. The first-order valence-electron chi connectivity index (χ1n) is 9.11. The zero-order valence-corrected chi connectivity index (χ0v) is 16.5. The maximum atomic E-state index is 12.6. The van der Waals surface area contributed by atoms with E-state index in [4.69, 9.17) is 23.2 Å². The van der Waals surface area contributed by atoms with Crippen molar-refractivity contribution in [2.24, 2.45) is 11.8 Å². The average Bonchev–Trinajstić information content (AvgIpc) is 3.24. The summed E-state index contributed by atoms with van der Waals surface area (Å²) >= 11 is 12.0. The third-order valence-electron chi connectivity index (χ3n) is 5.27. The Morgan fingerprint density at radius 1 is 1.28 bits per heavy atom. The molecule has 1 amide bonds. The van der Waals surface area contributed by atoms with Crippen LogP contribution in [0.1, 0.15) is 26.2 Å². The van der Waals surface area contributed by atoms with Gasteiger partial charge in [0.05, 0.1) is 16.8 Å². The summed E-state index contributed by atoms with van der Waals surface area (Å²) in [5, 5.41) is 3.95. The van der Waals surface area contributed by atoms with E-state index in [0.29, 0.717) is 21.7 Å². The SMILES string of the molecule is C[C@@H](C(=O)Nc1ccc(Cl)cc1Cl)N1CC[C@@H](CN(C)CC2CC2)C1. The predicted octanol–water partition coefficient (Wildman–Crippen LogP) is 3.98. The van der Waals surface area contributed by atoms with Gasteiger partial charge in [-0.05, 0) is 69.8 Å². The number of benzene rings is 1. The molecule has 4 nitrogen and oxygen atoms in total. The highest BCUT2D eigenvalue weighted by Crippen LogP contribution is 2.30. The average molecular weight is 384 g/mol. The number of nitrogens with one attached hydrogen (secondary N) is 1. The van der Waals surface area contributed by atoms with E-state index in [2.05, 4.69) is 22.2 Å². The van der Waals surface area contributed by atoms with Crippen LogP contribution in [0.2, 0.25) is 10.0 Å². The lowest BCUT2D eigenvalue weighted by atomic mass is 10.1. The topological polar surface area (TPSA) is 35.6 Å². The van der Waals surface area contributed by atoms with Crippen LogP contribution in [0.4, 0.5) is 5.69 Å². The van der Waals surface area contributed by atoms with E-state index < -0.39 is 0 Å². The lowest BCUT2D eigenvalue weighted by molar-refractivity contribution is -0.120. The summed E-state index contributed by atoms with van der Waals surface area (Å²) in [4.78, 5) is 17.3. The Morgan fingerprint density at radius 2 is 2.00 bits per heavy atom. The van der Waals surface area contributed by atoms with E-state index in [1.807, 2.05) is 6.92 Å². The van der Waals surface area contributed by atoms with Gasteiger partial charge in [0, 0.05) is 24.7 Å². The normalized spacial score (nSPS) is 22.4. The van der Waals surface area contributed by atoms with Gasteiger partial charge in [-0.2, -0.15) is 0 Å². The fourth-order valence-corrected chi connectivity index (χ4v) is 4.07. The summed E-state index contributed by atoms with van der Waals surface area (Å²) in [5.41, 5.74) is 0.614. The second-order valence-corrected chi connectivity index (χ2v) is 8.45. The van der Waals surface area contributed by atoms with Crippen molar-refractivity contribution in [2.45, 2.75) is 32.2 Å². The number of rotatable bonds is 7. The summed E-state index contributed by atoms with van der Waals surface area (Å²) in [6.45, 7) is 6.28. The highest BCUT2D eigenvalue weighted by atomic mass is 35.5. The van der Waals surface area contributed by atoms with Crippen molar-refractivity contribution in [3.8, 4) is 0 Å². The molecule has 1 heterocycles. The van der Waals surface area contributed by atoms with Gasteiger partial charge in [-0.3, -0.25) is 9.69 Å². The third-order valence-corrected chi connectivity index (χ3v) is 5.82. The lowest BCUT2D eigenvalue weighted by Crippen LogP contribution is -2.41. The van der Waals surface area contributed by atoms with E-state index in [-0.39, 0.29) is 11.9 Å². The van der Waals surface area contributed by atoms with Crippen LogP contribution in [0.5, 0.6) is 0 Å². The van der Waals surface area contributed by atoms with Crippen molar-refractivity contribution in [2.75, 3.05) is 38.5 Å². The van der Waals surface area contributed by atoms with Crippen LogP contribution in [0.3, 0.4) is 0 Å². The van der Waals surface area contributed by atoms with Crippen molar-refractivity contribution in [1.29, 1.82) is 0 Å². The number of halogens is 2. The van der Waals surface area contributed by atoms with Crippen LogP contribution >= 0.6 is 23.2 Å². The van der Waals surface area contributed by atoms with Gasteiger partial charge < -0.3 is 10.2 Å². The smallest absolute Gasteiger partial charge is 0.241 e. The molecule has 1 saturated carbocycles. The number of nitrogens with zero attached hydrogens (tertiary/aromatic N) is 2. The fourth-order valence-electron chi connectivity index (χ4n) is 3.61. The molecule has 0 radical (unpaired) electrons. The molecule has 0 spiro atoms. The number of carbonyl (C=O) groups is 1. The molecule has 2 fully saturated rings. The molecule has 0 bridgehead atoms. The number of likely N-dealkylation sites (tertiary alicyclic amines) is 1. The molecule has 1 aromatic carbocycles. The van der Waals surface area contributed by atoms with E-state index in [9.17, 15) is 4.79 Å². The van der Waals surface area contributed by atoms with Gasteiger partial charge in [-0.25, -0.2) is 0 Å². The zero-order valence-electron chi connectivity index (χ0n) is 15.0. The molecule has 2 aliphatic rings. The molecule has 0 unspecified atom stereocenters. The molecule has 3 rings (SSSR count). The molecule has 138 valence electrons. The molecular formula is C19H27Cl2N3O. The van der Waals surface area contributed by atoms with Gasteiger partial charge in [0.1, 0.15) is 0 Å². The van der Waals surface area contributed by atoms with E-state index in [1.165, 1.54) is 19.4 Å². The van der Waals surface area contributed by atoms with E-state index >= 15 is 0 Å². The number of amides is 1. The van der Waals surface area contributed by atoms with Crippen LogP contribution in [0, 0.1) is 11.8 Å². The molecule has 6 heteroatoms. The van der Waals surface area contributed by atoms with Crippen molar-refractivity contribution in [3.05, 3.63) is 28.2 Å². The molecule has 25 heavy (non-hydrogen) atoms. The molecule has 1 aliphatic heterocycles. The molecular weight excluding hydrogens is 357 g/mol. The van der Waals surface area contributed by atoms with Crippen molar-refractivity contribution in [3.63, 3.8) is 0 Å². The molecule has 1 aliphatic carbocycles. The number of hydrogen-bond acceptors (Lipinski definition) is 3. The number of hydrogen-bond donors (Lipinski definition) is 1. The first kappa shape index (κ1) is 19.0. The Labute approximate surface area is 160 Å². The predicted molar refractivity (Wildman–Crippen MR) is 104 cm³/mol. The second kappa shape index (κ2) is 8.26. The van der Waals surface area contributed by atoms with Crippen LogP contribution in [-0.4, -0.2) is 55.0 Å². The quantitative estimate of drug-likeness (QED) is 0.772. The van der Waals surface area contributed by atoms with Crippen LogP contribution in [-0.2, 0) is 4.79 Å². The third kappa shape index (κ3) is 5.33. The largest absolute Gasteiger partial charge is 0.323 e. The first-order chi connectivity index (χ1) is 11.9. The van der Waals surface area contributed by atoms with Crippen molar-refractivity contribution < 1.29 is 4.79 Å². The Balaban J connectivity index is 1.48. The Hall–Kier alpha value is -0.810. The van der Waals surface area contributed by atoms with Crippen LogP contribution in [0.25, 0.3) is 0 Å². The highest BCUT2D eigenvalue weighted by Gasteiger charge is 2.31. The molecule has 2 atom stereocenters. The summed E-state index contributed by atoms with van der Waals surface area (Å²) in [6, 6.07) is 4.96. The number of carbonyl (C=O) groups excluding carboxylic acids is 1. The maximum Gasteiger partial charge on any atom is 0.241 e. The van der Waals surface area contributed by atoms with Crippen molar-refractivity contribution in [1.82, 2.24) is 9.80 Å². The number of anilines is 1. The summed E-state index contributed by atoms with van der Waals surface area (Å²) in [7, 11) is 2.22. The molecule has 1 saturated heterocycles. The second-order valence-electron chi connectivity index (χ2n) is 7.60. The Kier molecular flexibility index (Phi) is 6.26. The lowest BCUT2D eigenvalue weighted by Gasteiger charge is -2.25. The molecule has 0 aromatic heterocycles. The van der Waals surface area contributed by atoms with Crippen LogP contribution < -0.4 is 5.32 Å². The minimum absolute atomic E-state index is 0.0174. The van der Waals surface area contributed by atoms with Gasteiger partial charge in [-0.15, -0.1) is 0 Å². The van der Waals surface area contributed by atoms with Crippen LogP contribution in [0.15, 0.2) is 18.2 Å². The summed E-state index contributed by atoms with van der Waals surface area (Å²) < 4.78 is 0. The first-order valence-corrected chi connectivity index (χ1v) is 9.86. The van der Waals surface area contributed by atoms with Gasteiger partial charge in [0.25, 0.3) is 0 Å². The van der Waals surface area contributed by atoms with Gasteiger partial charge in [-0.1, -0.05) is 23.2 Å². The van der Waals surface area contributed by atoms with E-state index in [1.54, 1.807) is 18.2 Å². The Bertz CT molecular complexity index is 621. The fraction of sp³-hybridized carbons (Fsp3) is 0.632. The molecule has 1 aromatic rings. The van der Waals surface area contributed by atoms with Gasteiger partial charge in [0.2, 0.25) is 5.91 Å². The van der Waals surface area contributed by atoms with E-state index in [0.717, 1.165) is 32.0 Å². The summed E-state index contributed by atoms with van der Waals surface area (Å²) in [6.07, 6.45) is 3.95. The van der Waals surface area contributed by atoms with Gasteiger partial charge >= 0.3 is 0 Å². The summed E-state index contributed by atoms with van der Waals surface area (Å²) in [5.74, 6) is 1.56. The van der Waals surface area contributed by atoms with Crippen molar-refractivity contribution >= 4 is 34.8 Å². The Morgan fingerprint density at radius 3 is 2.68 bits per heavy atom. The molecule has 1 N–H and O–H groups in total. The maximum absolute atomic E-state index is 12.6. The monoisotopic (exact) mass is 383 g/mol. The highest BCUT2D eigenvalue weighted by molar-refractivity contribution is 6.36. The minimum Gasteiger partial charge on any atom is -0.323 e. The minimum atomic E-state index is -0.162. The zero-order chi connectivity index (χ0) is 18.0.